The quantitative estimate of drug-likeness (QED) is 0.755. The van der Waals surface area contributed by atoms with Crippen LogP contribution in [0.4, 0.5) is 16.2 Å². The van der Waals surface area contributed by atoms with Crippen LogP contribution in [-0.4, -0.2) is 30.1 Å². The van der Waals surface area contributed by atoms with E-state index in [0.717, 1.165) is 36.1 Å². The van der Waals surface area contributed by atoms with E-state index < -0.39 is 0 Å². The molecule has 3 aromatic rings. The Labute approximate surface area is 153 Å². The monoisotopic (exact) mass is 346 g/mol. The Hall–Kier alpha value is -3.08. The summed E-state index contributed by atoms with van der Waals surface area (Å²) in [5.41, 5.74) is 4.16. The Bertz CT molecular complexity index is 917. The molecule has 1 unspecified atom stereocenters. The number of urea groups is 1. The van der Waals surface area contributed by atoms with Gasteiger partial charge in [-0.2, -0.15) is 0 Å². The van der Waals surface area contributed by atoms with Crippen molar-refractivity contribution < 1.29 is 4.79 Å². The number of hydrogen-bond acceptors (Lipinski definition) is 3. The predicted molar refractivity (Wildman–Crippen MR) is 106 cm³/mol. The van der Waals surface area contributed by atoms with Crippen LogP contribution in [0, 0.1) is 6.92 Å². The molecular weight excluding hydrogens is 324 g/mol. The molecular formula is C21H22N4O. The number of rotatable bonds is 3. The summed E-state index contributed by atoms with van der Waals surface area (Å²) in [5, 5.41) is 7.14. The number of amides is 2. The molecule has 5 nitrogen and oxygen atoms in total. The Balaban J connectivity index is 1.40. The van der Waals surface area contributed by atoms with E-state index in [1.165, 1.54) is 11.3 Å². The van der Waals surface area contributed by atoms with Crippen LogP contribution in [0.5, 0.6) is 0 Å². The van der Waals surface area contributed by atoms with Crippen LogP contribution in [0.25, 0.3) is 10.9 Å². The summed E-state index contributed by atoms with van der Waals surface area (Å²) in [5.74, 6) is 0. The highest BCUT2D eigenvalue weighted by Gasteiger charge is 2.25. The molecule has 132 valence electrons. The summed E-state index contributed by atoms with van der Waals surface area (Å²) >= 11 is 0. The fourth-order valence-corrected chi connectivity index (χ4v) is 3.44. The highest BCUT2D eigenvalue weighted by Crippen LogP contribution is 2.28. The molecule has 1 aliphatic rings. The first-order chi connectivity index (χ1) is 12.7. The van der Waals surface area contributed by atoms with Crippen LogP contribution in [0.3, 0.4) is 0 Å². The average Bonchev–Trinajstić information content (AvgIpc) is 3.11. The summed E-state index contributed by atoms with van der Waals surface area (Å²) in [7, 11) is 0. The van der Waals surface area contributed by atoms with Crippen molar-refractivity contribution in [3.63, 3.8) is 0 Å². The number of anilines is 2. The molecule has 2 amide bonds. The van der Waals surface area contributed by atoms with Gasteiger partial charge >= 0.3 is 6.03 Å². The first-order valence-electron chi connectivity index (χ1n) is 8.92. The van der Waals surface area contributed by atoms with Crippen LogP contribution in [0.1, 0.15) is 12.0 Å². The molecule has 0 aliphatic carbocycles. The summed E-state index contributed by atoms with van der Waals surface area (Å²) in [6.07, 6.45) is 2.78. The zero-order chi connectivity index (χ0) is 17.9. The summed E-state index contributed by atoms with van der Waals surface area (Å²) in [6.45, 7) is 3.75. The van der Waals surface area contributed by atoms with Crippen molar-refractivity contribution in [2.75, 3.05) is 23.3 Å². The third kappa shape index (κ3) is 3.47. The largest absolute Gasteiger partial charge is 0.369 e. The molecule has 4 rings (SSSR count). The van der Waals surface area contributed by atoms with Gasteiger partial charge in [0.1, 0.15) is 0 Å². The molecule has 1 aromatic heterocycles. The van der Waals surface area contributed by atoms with Gasteiger partial charge in [-0.3, -0.25) is 4.98 Å². The van der Waals surface area contributed by atoms with Gasteiger partial charge in [0.2, 0.25) is 0 Å². The highest BCUT2D eigenvalue weighted by atomic mass is 16.2. The molecule has 1 fully saturated rings. The second-order valence-electron chi connectivity index (χ2n) is 6.74. The van der Waals surface area contributed by atoms with Gasteiger partial charge < -0.3 is 15.5 Å². The molecule has 0 saturated carbocycles. The predicted octanol–water partition coefficient (Wildman–Crippen LogP) is 3.94. The lowest BCUT2D eigenvalue weighted by atomic mass is 10.2. The third-order valence-electron chi connectivity index (χ3n) is 4.80. The molecule has 1 aliphatic heterocycles. The molecule has 0 spiro atoms. The molecule has 2 N–H and O–H groups in total. The van der Waals surface area contributed by atoms with Crippen LogP contribution in [0.15, 0.2) is 60.8 Å². The zero-order valence-electron chi connectivity index (χ0n) is 14.8. The minimum Gasteiger partial charge on any atom is -0.369 e. The Morgan fingerprint density at radius 3 is 2.77 bits per heavy atom. The fourth-order valence-electron chi connectivity index (χ4n) is 3.44. The van der Waals surface area contributed by atoms with Crippen molar-refractivity contribution in [3.8, 4) is 0 Å². The van der Waals surface area contributed by atoms with Crippen LogP contribution in [-0.2, 0) is 0 Å². The topological polar surface area (TPSA) is 57.3 Å². The molecule has 26 heavy (non-hydrogen) atoms. The molecule has 5 heteroatoms. The Morgan fingerprint density at radius 1 is 1.12 bits per heavy atom. The minimum absolute atomic E-state index is 0.132. The summed E-state index contributed by atoms with van der Waals surface area (Å²) in [4.78, 5) is 19.0. The lowest BCUT2D eigenvalue weighted by molar-refractivity contribution is 0.249. The van der Waals surface area contributed by atoms with Crippen molar-refractivity contribution >= 4 is 28.3 Å². The smallest absolute Gasteiger partial charge is 0.319 e. The van der Waals surface area contributed by atoms with Crippen molar-refractivity contribution in [2.24, 2.45) is 0 Å². The maximum atomic E-state index is 12.3. The van der Waals surface area contributed by atoms with Crippen LogP contribution < -0.4 is 15.5 Å². The van der Waals surface area contributed by atoms with E-state index in [1.807, 2.05) is 55.6 Å². The number of nitrogens with zero attached hydrogens (tertiary/aromatic N) is 2. The van der Waals surface area contributed by atoms with Crippen molar-refractivity contribution in [3.05, 3.63) is 66.4 Å². The van der Waals surface area contributed by atoms with E-state index in [1.54, 1.807) is 0 Å². The SMILES string of the molecule is Cc1ccc(NC(=O)NC2CCN(c3ccnc4ccccc34)C2)cc1. The van der Waals surface area contributed by atoms with E-state index in [4.69, 9.17) is 0 Å². The maximum Gasteiger partial charge on any atom is 0.319 e. The van der Waals surface area contributed by atoms with E-state index in [-0.39, 0.29) is 12.1 Å². The second kappa shape index (κ2) is 7.04. The number of carbonyl (C=O) groups is 1. The van der Waals surface area contributed by atoms with Crippen molar-refractivity contribution in [1.82, 2.24) is 10.3 Å². The number of hydrogen-bond donors (Lipinski definition) is 2. The molecule has 2 aromatic carbocycles. The number of pyridine rings is 1. The number of fused-ring (bicyclic) bond motifs is 1. The van der Waals surface area contributed by atoms with Gasteiger partial charge in [-0.25, -0.2) is 4.79 Å². The van der Waals surface area contributed by atoms with Gasteiger partial charge in [0.25, 0.3) is 0 Å². The van der Waals surface area contributed by atoms with Gasteiger partial charge in [0, 0.05) is 42.1 Å². The van der Waals surface area contributed by atoms with Gasteiger partial charge in [-0.05, 0) is 37.6 Å². The molecule has 1 saturated heterocycles. The zero-order valence-corrected chi connectivity index (χ0v) is 14.8. The molecule has 0 radical (unpaired) electrons. The Morgan fingerprint density at radius 2 is 1.92 bits per heavy atom. The van der Waals surface area contributed by atoms with E-state index >= 15 is 0 Å². The lowest BCUT2D eigenvalue weighted by Crippen LogP contribution is -2.39. The fraction of sp³-hybridized carbons (Fsp3) is 0.238. The standard InChI is InChI=1S/C21H22N4O/c1-15-6-8-16(9-7-15)23-21(26)24-17-11-13-25(14-17)20-10-12-22-19-5-3-2-4-18(19)20/h2-10,12,17H,11,13-14H2,1H3,(H2,23,24,26). The first kappa shape index (κ1) is 16.4. The second-order valence-corrected chi connectivity index (χ2v) is 6.74. The van der Waals surface area contributed by atoms with Gasteiger partial charge in [0.15, 0.2) is 0 Å². The first-order valence-corrected chi connectivity index (χ1v) is 8.92. The maximum absolute atomic E-state index is 12.3. The van der Waals surface area contributed by atoms with Gasteiger partial charge in [0.05, 0.1) is 5.52 Å². The molecule has 1 atom stereocenters. The van der Waals surface area contributed by atoms with E-state index in [0.29, 0.717) is 0 Å². The van der Waals surface area contributed by atoms with Crippen molar-refractivity contribution in [1.29, 1.82) is 0 Å². The summed E-state index contributed by atoms with van der Waals surface area (Å²) in [6, 6.07) is 18.0. The number of aromatic nitrogens is 1. The third-order valence-corrected chi connectivity index (χ3v) is 4.80. The number of nitrogens with one attached hydrogen (secondary N) is 2. The minimum atomic E-state index is -0.153. The summed E-state index contributed by atoms with van der Waals surface area (Å²) < 4.78 is 0. The van der Waals surface area contributed by atoms with E-state index in [2.05, 4.69) is 32.7 Å². The van der Waals surface area contributed by atoms with E-state index in [9.17, 15) is 4.79 Å². The molecule has 2 heterocycles. The van der Waals surface area contributed by atoms with Gasteiger partial charge in [-0.1, -0.05) is 35.9 Å². The average molecular weight is 346 g/mol. The lowest BCUT2D eigenvalue weighted by Gasteiger charge is -2.20. The molecule has 0 bridgehead atoms. The Kier molecular flexibility index (Phi) is 4.44. The highest BCUT2D eigenvalue weighted by molar-refractivity contribution is 5.92. The van der Waals surface area contributed by atoms with Crippen LogP contribution in [0.2, 0.25) is 0 Å². The van der Waals surface area contributed by atoms with Gasteiger partial charge in [-0.15, -0.1) is 0 Å². The normalized spacial score (nSPS) is 16.7. The number of carbonyl (C=O) groups excluding carboxylic acids is 1. The number of aryl methyl sites for hydroxylation is 1. The van der Waals surface area contributed by atoms with Crippen molar-refractivity contribution in [2.45, 2.75) is 19.4 Å². The number of benzene rings is 2. The number of para-hydroxylation sites is 1. The van der Waals surface area contributed by atoms with Crippen LogP contribution >= 0.6 is 0 Å².